The molecule has 18 heavy (non-hydrogen) atoms. The first kappa shape index (κ1) is 15.9. The Morgan fingerprint density at radius 1 is 1.33 bits per heavy atom. The maximum atomic E-state index is 12.2. The van der Waals surface area contributed by atoms with E-state index in [1.54, 1.807) is 11.4 Å². The fraction of sp³-hybridized carbons (Fsp3) is 1.00. The van der Waals surface area contributed by atoms with Crippen molar-refractivity contribution >= 4 is 10.0 Å². The maximum Gasteiger partial charge on any atom is 0.214 e. The second-order valence-corrected chi connectivity index (χ2v) is 7.70. The summed E-state index contributed by atoms with van der Waals surface area (Å²) < 4.78 is 26.0. The van der Waals surface area contributed by atoms with Crippen molar-refractivity contribution in [2.45, 2.75) is 58.0 Å². The van der Waals surface area contributed by atoms with E-state index in [4.69, 9.17) is 0 Å². The highest BCUT2D eigenvalue weighted by Crippen LogP contribution is 2.22. The molecule has 0 aromatic rings. The Labute approximate surface area is 112 Å². The number of hydrogen-bond donors (Lipinski definition) is 0. The quantitative estimate of drug-likeness (QED) is 0.696. The van der Waals surface area contributed by atoms with Gasteiger partial charge in [-0.15, -0.1) is 0 Å². The lowest BCUT2D eigenvalue weighted by atomic mass is 9.99. The number of hydrogen-bond acceptors (Lipinski definition) is 3. The fourth-order valence-electron chi connectivity index (χ4n) is 2.50. The minimum atomic E-state index is -3.06. The van der Waals surface area contributed by atoms with Gasteiger partial charge in [-0.2, -0.15) is 0 Å². The molecule has 4 nitrogen and oxygen atoms in total. The average molecular weight is 276 g/mol. The SMILES string of the molecule is CCCCCS(=O)(=O)N(C)[C@@H]1CCN(C)[C@@H](C)C1. The molecule has 0 saturated carbocycles. The highest BCUT2D eigenvalue weighted by molar-refractivity contribution is 7.89. The second kappa shape index (κ2) is 6.87. The van der Waals surface area contributed by atoms with E-state index in [1.807, 2.05) is 0 Å². The molecule has 108 valence electrons. The molecule has 1 aliphatic heterocycles. The molecule has 0 amide bonds. The van der Waals surface area contributed by atoms with Crippen molar-refractivity contribution in [3.63, 3.8) is 0 Å². The van der Waals surface area contributed by atoms with Gasteiger partial charge in [-0.1, -0.05) is 19.8 Å². The first-order valence-electron chi connectivity index (χ1n) is 7.04. The standard InChI is InChI=1S/C13H28N2O2S/c1-5-6-7-10-18(16,17)15(4)13-8-9-14(3)12(2)11-13/h12-13H,5-11H2,1-4H3/t12-,13+/m0/s1. The molecule has 0 aliphatic carbocycles. The topological polar surface area (TPSA) is 40.6 Å². The molecule has 0 aromatic carbocycles. The molecule has 0 spiro atoms. The molecule has 0 aromatic heterocycles. The van der Waals surface area contributed by atoms with Gasteiger partial charge in [0.05, 0.1) is 5.75 Å². The highest BCUT2D eigenvalue weighted by Gasteiger charge is 2.31. The maximum absolute atomic E-state index is 12.2. The van der Waals surface area contributed by atoms with Gasteiger partial charge < -0.3 is 4.90 Å². The summed E-state index contributed by atoms with van der Waals surface area (Å²) in [5.74, 6) is 0.304. The van der Waals surface area contributed by atoms with Crippen molar-refractivity contribution in [3.05, 3.63) is 0 Å². The van der Waals surface area contributed by atoms with Crippen LogP contribution in [-0.2, 0) is 10.0 Å². The first-order chi connectivity index (χ1) is 8.38. The average Bonchev–Trinajstić information content (AvgIpc) is 2.32. The van der Waals surface area contributed by atoms with Gasteiger partial charge in [0, 0.05) is 19.1 Å². The van der Waals surface area contributed by atoms with Crippen LogP contribution in [0.25, 0.3) is 0 Å². The van der Waals surface area contributed by atoms with Gasteiger partial charge in [-0.25, -0.2) is 12.7 Å². The van der Waals surface area contributed by atoms with Crippen molar-refractivity contribution in [2.24, 2.45) is 0 Å². The minimum Gasteiger partial charge on any atom is -0.304 e. The Morgan fingerprint density at radius 3 is 2.56 bits per heavy atom. The van der Waals surface area contributed by atoms with Crippen molar-refractivity contribution in [3.8, 4) is 0 Å². The molecule has 0 unspecified atom stereocenters. The van der Waals surface area contributed by atoms with Gasteiger partial charge in [-0.05, 0) is 39.8 Å². The van der Waals surface area contributed by atoms with Gasteiger partial charge in [0.25, 0.3) is 0 Å². The van der Waals surface area contributed by atoms with E-state index in [0.717, 1.165) is 38.6 Å². The number of nitrogens with zero attached hydrogens (tertiary/aromatic N) is 2. The van der Waals surface area contributed by atoms with E-state index in [-0.39, 0.29) is 6.04 Å². The number of likely N-dealkylation sites (tertiary alicyclic amines) is 1. The summed E-state index contributed by atoms with van der Waals surface area (Å²) in [6.45, 7) is 5.25. The third-order valence-electron chi connectivity index (χ3n) is 4.14. The van der Waals surface area contributed by atoms with Gasteiger partial charge in [0.1, 0.15) is 0 Å². The molecule has 2 atom stereocenters. The Kier molecular flexibility index (Phi) is 6.08. The van der Waals surface area contributed by atoms with E-state index < -0.39 is 10.0 Å². The van der Waals surface area contributed by atoms with E-state index in [9.17, 15) is 8.42 Å². The lowest BCUT2D eigenvalue weighted by Gasteiger charge is -2.38. The largest absolute Gasteiger partial charge is 0.304 e. The Bertz CT molecular complexity index is 343. The van der Waals surface area contributed by atoms with Crippen LogP contribution in [0.4, 0.5) is 0 Å². The number of rotatable bonds is 6. The van der Waals surface area contributed by atoms with Crippen LogP contribution in [-0.4, -0.2) is 56.1 Å². The predicted molar refractivity (Wildman–Crippen MR) is 76.2 cm³/mol. The lowest BCUT2D eigenvalue weighted by molar-refractivity contribution is 0.142. The van der Waals surface area contributed by atoms with Crippen molar-refractivity contribution < 1.29 is 8.42 Å². The smallest absolute Gasteiger partial charge is 0.214 e. The fourth-order valence-corrected chi connectivity index (χ4v) is 4.00. The second-order valence-electron chi connectivity index (χ2n) is 5.55. The summed E-state index contributed by atoms with van der Waals surface area (Å²) in [5, 5.41) is 0. The van der Waals surface area contributed by atoms with Crippen molar-refractivity contribution in [1.82, 2.24) is 9.21 Å². The Morgan fingerprint density at radius 2 is 2.00 bits per heavy atom. The molecule has 5 heteroatoms. The van der Waals surface area contributed by atoms with Crippen LogP contribution in [0, 0.1) is 0 Å². The molecule has 0 bridgehead atoms. The predicted octanol–water partition coefficient (Wildman–Crippen LogP) is 1.92. The lowest BCUT2D eigenvalue weighted by Crippen LogP contribution is -2.48. The summed E-state index contributed by atoms with van der Waals surface area (Å²) >= 11 is 0. The number of unbranched alkanes of at least 4 members (excludes halogenated alkanes) is 2. The van der Waals surface area contributed by atoms with Crippen LogP contribution in [0.1, 0.15) is 46.0 Å². The summed E-state index contributed by atoms with van der Waals surface area (Å²) in [7, 11) is 0.803. The summed E-state index contributed by atoms with van der Waals surface area (Å²) in [6.07, 6.45) is 4.73. The van der Waals surface area contributed by atoms with Crippen LogP contribution in [0.2, 0.25) is 0 Å². The van der Waals surface area contributed by atoms with Gasteiger partial charge >= 0.3 is 0 Å². The summed E-state index contributed by atoms with van der Waals surface area (Å²) in [5.41, 5.74) is 0. The zero-order valence-corrected chi connectivity index (χ0v) is 13.0. The zero-order chi connectivity index (χ0) is 13.8. The van der Waals surface area contributed by atoms with Gasteiger partial charge in [0.2, 0.25) is 10.0 Å². The van der Waals surface area contributed by atoms with Crippen LogP contribution >= 0.6 is 0 Å². The zero-order valence-electron chi connectivity index (χ0n) is 12.2. The summed E-state index contributed by atoms with van der Waals surface area (Å²) in [4.78, 5) is 2.30. The molecule has 0 radical (unpaired) electrons. The van der Waals surface area contributed by atoms with Crippen LogP contribution in [0.15, 0.2) is 0 Å². The Hall–Kier alpha value is -0.130. The van der Waals surface area contributed by atoms with Crippen molar-refractivity contribution in [1.29, 1.82) is 0 Å². The van der Waals surface area contributed by atoms with Gasteiger partial charge in [-0.3, -0.25) is 0 Å². The first-order valence-corrected chi connectivity index (χ1v) is 8.65. The molecule has 1 aliphatic rings. The number of sulfonamides is 1. The Balaban J connectivity index is 2.55. The number of piperidine rings is 1. The van der Waals surface area contributed by atoms with Crippen LogP contribution in [0.5, 0.6) is 0 Å². The highest BCUT2D eigenvalue weighted by atomic mass is 32.2. The van der Waals surface area contributed by atoms with Crippen LogP contribution in [0.3, 0.4) is 0 Å². The molecular weight excluding hydrogens is 248 g/mol. The van der Waals surface area contributed by atoms with Crippen molar-refractivity contribution in [2.75, 3.05) is 26.4 Å². The summed E-state index contributed by atoms with van der Waals surface area (Å²) in [6, 6.07) is 0.653. The minimum absolute atomic E-state index is 0.183. The van der Waals surface area contributed by atoms with E-state index in [0.29, 0.717) is 11.8 Å². The third kappa shape index (κ3) is 4.21. The van der Waals surface area contributed by atoms with E-state index >= 15 is 0 Å². The molecule has 0 N–H and O–H groups in total. The normalized spacial score (nSPS) is 26.7. The van der Waals surface area contributed by atoms with Crippen LogP contribution < -0.4 is 0 Å². The molecule has 1 saturated heterocycles. The van der Waals surface area contributed by atoms with Gasteiger partial charge in [0.15, 0.2) is 0 Å². The molecular formula is C13H28N2O2S. The molecule has 1 heterocycles. The third-order valence-corrected chi connectivity index (χ3v) is 6.12. The molecule has 1 rings (SSSR count). The monoisotopic (exact) mass is 276 g/mol. The molecule has 1 fully saturated rings. The van der Waals surface area contributed by atoms with E-state index in [1.165, 1.54) is 0 Å². The van der Waals surface area contributed by atoms with E-state index in [2.05, 4.69) is 25.8 Å².